The van der Waals surface area contributed by atoms with Crippen LogP contribution in [-0.2, 0) is 4.79 Å². The minimum atomic E-state index is -0.437. The average molecular weight is 343 g/mol. The molecule has 0 bridgehead atoms. The van der Waals surface area contributed by atoms with Crippen LogP contribution in [0.4, 0.5) is 10.1 Å². The highest BCUT2D eigenvalue weighted by Crippen LogP contribution is 2.28. The van der Waals surface area contributed by atoms with Crippen LogP contribution >= 0.6 is 11.3 Å². The maximum atomic E-state index is 13.6. The normalized spacial score (nSPS) is 12.5. The maximum absolute atomic E-state index is 13.6. The van der Waals surface area contributed by atoms with Gasteiger partial charge in [0.05, 0.1) is 28.5 Å². The molecule has 24 heavy (non-hydrogen) atoms. The number of thiazole rings is 1. The molecule has 0 spiro atoms. The molecule has 0 saturated carbocycles. The molecule has 1 amide bonds. The molecule has 0 aliphatic heterocycles. The molecule has 1 heterocycles. The van der Waals surface area contributed by atoms with E-state index in [-0.39, 0.29) is 24.2 Å². The number of amides is 1. The number of nitrogens with one attached hydrogen (secondary N) is 1. The fourth-order valence-corrected chi connectivity index (χ4v) is 3.46. The topological polar surface area (TPSA) is 45.2 Å². The van der Waals surface area contributed by atoms with Crippen molar-refractivity contribution in [2.24, 2.45) is 0 Å². The molecule has 2 aromatic carbocycles. The van der Waals surface area contributed by atoms with Gasteiger partial charge in [0.25, 0.3) is 0 Å². The van der Waals surface area contributed by atoms with E-state index in [1.54, 1.807) is 29.5 Å². The summed E-state index contributed by atoms with van der Waals surface area (Å²) in [5, 5.41) is 3.56. The number of halogens is 1. The number of hydrogen-bond donors (Lipinski definition) is 1. The van der Waals surface area contributed by atoms with Crippen molar-refractivity contribution >= 4 is 33.1 Å². The summed E-state index contributed by atoms with van der Waals surface area (Å²) in [5.41, 5.74) is 1.16. The van der Waals surface area contributed by atoms with Crippen LogP contribution in [0.5, 0.6) is 0 Å². The molecule has 1 aromatic heterocycles. The molecule has 124 valence electrons. The number of nitrogens with zero attached hydrogens (tertiary/aromatic N) is 2. The second kappa shape index (κ2) is 7.07. The van der Waals surface area contributed by atoms with Gasteiger partial charge >= 0.3 is 0 Å². The van der Waals surface area contributed by atoms with E-state index in [4.69, 9.17) is 0 Å². The maximum Gasteiger partial charge on any atom is 0.238 e. The number of carbonyl (C=O) groups excluding carboxylic acids is 1. The molecule has 3 rings (SSSR count). The molecule has 3 aromatic rings. The first kappa shape index (κ1) is 16.5. The van der Waals surface area contributed by atoms with Crippen molar-refractivity contribution in [3.8, 4) is 0 Å². The van der Waals surface area contributed by atoms with Crippen molar-refractivity contribution in [2.45, 2.75) is 13.0 Å². The molecule has 1 atom stereocenters. The third-order valence-electron chi connectivity index (χ3n) is 3.87. The van der Waals surface area contributed by atoms with Gasteiger partial charge in [-0.15, -0.1) is 11.3 Å². The molecule has 0 aliphatic rings. The monoisotopic (exact) mass is 343 g/mol. The highest BCUT2D eigenvalue weighted by atomic mass is 32.1. The van der Waals surface area contributed by atoms with E-state index < -0.39 is 5.82 Å². The number of hydrogen-bond acceptors (Lipinski definition) is 4. The highest BCUT2D eigenvalue weighted by molar-refractivity contribution is 7.18. The largest absolute Gasteiger partial charge is 0.322 e. The van der Waals surface area contributed by atoms with Gasteiger partial charge in [0.1, 0.15) is 10.8 Å². The van der Waals surface area contributed by atoms with Gasteiger partial charge in [-0.1, -0.05) is 24.3 Å². The Bertz CT molecular complexity index is 831. The highest BCUT2D eigenvalue weighted by Gasteiger charge is 2.19. The summed E-state index contributed by atoms with van der Waals surface area (Å²) in [6.07, 6.45) is 0. The van der Waals surface area contributed by atoms with E-state index in [0.717, 1.165) is 15.2 Å². The van der Waals surface area contributed by atoms with E-state index >= 15 is 0 Å². The van der Waals surface area contributed by atoms with E-state index in [1.807, 2.05) is 43.1 Å². The Kier molecular flexibility index (Phi) is 4.87. The molecule has 0 fully saturated rings. The summed E-state index contributed by atoms with van der Waals surface area (Å²) in [6, 6.07) is 14.1. The van der Waals surface area contributed by atoms with Gasteiger partial charge in [0, 0.05) is 0 Å². The second-order valence-corrected chi connectivity index (χ2v) is 6.70. The summed E-state index contributed by atoms with van der Waals surface area (Å²) >= 11 is 1.62. The van der Waals surface area contributed by atoms with Gasteiger partial charge in [-0.3, -0.25) is 9.69 Å². The van der Waals surface area contributed by atoms with Crippen molar-refractivity contribution in [2.75, 3.05) is 18.9 Å². The number of fused-ring (bicyclic) bond motifs is 1. The Morgan fingerprint density at radius 1 is 1.25 bits per heavy atom. The predicted molar refractivity (Wildman–Crippen MR) is 95.7 cm³/mol. The predicted octanol–water partition coefficient (Wildman–Crippen LogP) is 4.07. The molecular weight excluding hydrogens is 325 g/mol. The Labute approximate surface area is 143 Å². The Morgan fingerprint density at radius 3 is 2.71 bits per heavy atom. The SMILES string of the molecule is C[C@@H](c1nc2ccccc2s1)N(C)CC(=O)Nc1ccccc1F. The van der Waals surface area contributed by atoms with Gasteiger partial charge in [-0.05, 0) is 38.2 Å². The Hall–Kier alpha value is -2.31. The zero-order valence-corrected chi connectivity index (χ0v) is 14.3. The lowest BCUT2D eigenvalue weighted by atomic mass is 10.3. The van der Waals surface area contributed by atoms with Gasteiger partial charge in [0.2, 0.25) is 5.91 Å². The van der Waals surface area contributed by atoms with Crippen molar-refractivity contribution in [3.05, 3.63) is 59.4 Å². The van der Waals surface area contributed by atoms with Crippen molar-refractivity contribution in [1.29, 1.82) is 0 Å². The summed E-state index contributed by atoms with van der Waals surface area (Å²) in [7, 11) is 1.86. The lowest BCUT2D eigenvalue weighted by molar-refractivity contribution is -0.117. The Morgan fingerprint density at radius 2 is 1.96 bits per heavy atom. The zero-order chi connectivity index (χ0) is 17.1. The number of aromatic nitrogens is 1. The fourth-order valence-electron chi connectivity index (χ4n) is 2.37. The van der Waals surface area contributed by atoms with E-state index in [9.17, 15) is 9.18 Å². The molecule has 4 nitrogen and oxygen atoms in total. The minimum Gasteiger partial charge on any atom is -0.322 e. The summed E-state index contributed by atoms with van der Waals surface area (Å²) in [6.45, 7) is 2.17. The third-order valence-corrected chi connectivity index (χ3v) is 5.08. The standard InChI is InChI=1S/C18H18FN3OS/c1-12(18-21-15-9-5-6-10-16(15)24-18)22(2)11-17(23)20-14-8-4-3-7-13(14)19/h3-10,12H,11H2,1-2H3,(H,20,23)/t12-/m0/s1. The van der Waals surface area contributed by atoms with Crippen LogP contribution in [0.1, 0.15) is 18.0 Å². The van der Waals surface area contributed by atoms with Crippen LogP contribution in [0.25, 0.3) is 10.2 Å². The third kappa shape index (κ3) is 3.60. The first-order chi connectivity index (χ1) is 11.5. The summed E-state index contributed by atoms with van der Waals surface area (Å²) in [4.78, 5) is 18.7. The second-order valence-electron chi connectivity index (χ2n) is 5.64. The van der Waals surface area contributed by atoms with Crippen LogP contribution in [0.3, 0.4) is 0 Å². The number of para-hydroxylation sites is 2. The van der Waals surface area contributed by atoms with Crippen LogP contribution in [0, 0.1) is 5.82 Å². The fraction of sp³-hybridized carbons (Fsp3) is 0.222. The van der Waals surface area contributed by atoms with Crippen molar-refractivity contribution in [1.82, 2.24) is 9.88 Å². The zero-order valence-electron chi connectivity index (χ0n) is 13.5. The number of likely N-dealkylation sites (N-methyl/N-ethyl adjacent to an activating group) is 1. The van der Waals surface area contributed by atoms with Crippen LogP contribution < -0.4 is 5.32 Å². The summed E-state index contributed by atoms with van der Waals surface area (Å²) in [5.74, 6) is -0.691. The van der Waals surface area contributed by atoms with Gasteiger partial charge in [0.15, 0.2) is 0 Å². The molecule has 0 aliphatic carbocycles. The van der Waals surface area contributed by atoms with Gasteiger partial charge < -0.3 is 5.32 Å². The van der Waals surface area contributed by atoms with E-state index in [2.05, 4.69) is 10.3 Å². The van der Waals surface area contributed by atoms with Crippen LogP contribution in [0.2, 0.25) is 0 Å². The van der Waals surface area contributed by atoms with Crippen molar-refractivity contribution < 1.29 is 9.18 Å². The van der Waals surface area contributed by atoms with Gasteiger partial charge in [-0.25, -0.2) is 9.37 Å². The van der Waals surface area contributed by atoms with E-state index in [0.29, 0.717) is 0 Å². The number of benzene rings is 2. The molecule has 0 radical (unpaired) electrons. The summed E-state index contributed by atoms with van der Waals surface area (Å²) < 4.78 is 14.7. The first-order valence-corrected chi connectivity index (χ1v) is 8.46. The molecule has 6 heteroatoms. The Balaban J connectivity index is 1.66. The number of carbonyl (C=O) groups is 1. The molecule has 0 saturated heterocycles. The smallest absolute Gasteiger partial charge is 0.238 e. The van der Waals surface area contributed by atoms with Crippen LogP contribution in [0.15, 0.2) is 48.5 Å². The number of anilines is 1. The van der Waals surface area contributed by atoms with Gasteiger partial charge in [-0.2, -0.15) is 0 Å². The minimum absolute atomic E-state index is 0.00577. The first-order valence-electron chi connectivity index (χ1n) is 7.64. The number of rotatable bonds is 5. The molecule has 1 N–H and O–H groups in total. The average Bonchev–Trinajstić information content (AvgIpc) is 3.00. The quantitative estimate of drug-likeness (QED) is 0.760. The van der Waals surface area contributed by atoms with Crippen molar-refractivity contribution in [3.63, 3.8) is 0 Å². The lowest BCUT2D eigenvalue weighted by Crippen LogP contribution is -2.32. The molecular formula is C18H18FN3OS. The lowest BCUT2D eigenvalue weighted by Gasteiger charge is -2.22. The molecule has 0 unspecified atom stereocenters. The van der Waals surface area contributed by atoms with Crippen LogP contribution in [-0.4, -0.2) is 29.4 Å². The van der Waals surface area contributed by atoms with E-state index in [1.165, 1.54) is 6.07 Å².